The lowest BCUT2D eigenvalue weighted by Crippen LogP contribution is -2.39. The van der Waals surface area contributed by atoms with Crippen LogP contribution in [0.25, 0.3) is 10.9 Å². The summed E-state index contributed by atoms with van der Waals surface area (Å²) >= 11 is 0. The van der Waals surface area contributed by atoms with E-state index >= 15 is 0 Å². The fourth-order valence-electron chi connectivity index (χ4n) is 4.33. The molecule has 2 aromatic heterocycles. The Bertz CT molecular complexity index is 1380. The molecule has 0 saturated carbocycles. The number of nitrogens with one attached hydrogen (secondary N) is 2. The number of benzene rings is 2. The third-order valence-electron chi connectivity index (χ3n) is 6.05. The monoisotopic (exact) mass is 452 g/mol. The van der Waals surface area contributed by atoms with Crippen molar-refractivity contribution in [1.29, 1.82) is 0 Å². The molecule has 1 aliphatic carbocycles. The minimum Gasteiger partial charge on any atom is -0.457 e. The van der Waals surface area contributed by atoms with Crippen molar-refractivity contribution in [3.05, 3.63) is 95.4 Å². The van der Waals surface area contributed by atoms with E-state index in [1.54, 1.807) is 31.6 Å². The number of carbonyl (C=O) groups is 2. The van der Waals surface area contributed by atoms with Gasteiger partial charge in [0.15, 0.2) is 0 Å². The van der Waals surface area contributed by atoms with Gasteiger partial charge in [-0.3, -0.25) is 19.6 Å². The Balaban J connectivity index is 1.31. The minimum atomic E-state index is -0.268. The van der Waals surface area contributed by atoms with Crippen LogP contribution in [-0.2, 0) is 12.8 Å². The molecule has 7 heteroatoms. The maximum atomic E-state index is 13.0. The van der Waals surface area contributed by atoms with Crippen molar-refractivity contribution in [2.75, 3.05) is 7.05 Å². The van der Waals surface area contributed by atoms with Crippen LogP contribution in [0, 0.1) is 0 Å². The predicted molar refractivity (Wildman–Crippen MR) is 129 cm³/mol. The van der Waals surface area contributed by atoms with Gasteiger partial charge < -0.3 is 15.4 Å². The molecule has 0 bridgehead atoms. The highest BCUT2D eigenvalue weighted by atomic mass is 16.5. The number of hydrogen-bond donors (Lipinski definition) is 2. The molecule has 7 nitrogen and oxygen atoms in total. The van der Waals surface area contributed by atoms with E-state index in [9.17, 15) is 9.59 Å². The maximum Gasteiger partial charge on any atom is 0.269 e. The second kappa shape index (κ2) is 9.31. The first-order chi connectivity index (χ1) is 16.6. The Hall–Kier alpha value is -4.26. The van der Waals surface area contributed by atoms with Gasteiger partial charge in [0.05, 0.1) is 11.1 Å². The first-order valence-electron chi connectivity index (χ1n) is 11.2. The Labute approximate surface area is 197 Å². The van der Waals surface area contributed by atoms with Gasteiger partial charge in [0.1, 0.15) is 17.2 Å². The summed E-state index contributed by atoms with van der Waals surface area (Å²) in [5, 5.41) is 6.70. The van der Waals surface area contributed by atoms with Crippen molar-refractivity contribution in [2.24, 2.45) is 0 Å². The summed E-state index contributed by atoms with van der Waals surface area (Å²) in [7, 11) is 1.56. The summed E-state index contributed by atoms with van der Waals surface area (Å²) in [6.07, 6.45) is 5.72. The molecule has 0 radical (unpaired) electrons. The molecule has 0 fully saturated rings. The zero-order chi connectivity index (χ0) is 23.5. The molecule has 2 heterocycles. The SMILES string of the molecule is CNC(=O)c1cc(Oc2ccc3c(c2)CC(NC(=O)c2cccc4cccnc24)CC3)ccn1. The lowest BCUT2D eigenvalue weighted by molar-refractivity contribution is 0.0932. The molecular weight excluding hydrogens is 428 g/mol. The van der Waals surface area contributed by atoms with Crippen molar-refractivity contribution in [3.63, 3.8) is 0 Å². The number of rotatable bonds is 5. The maximum absolute atomic E-state index is 13.0. The molecule has 1 aliphatic rings. The Kier molecular flexibility index (Phi) is 5.91. The van der Waals surface area contributed by atoms with Crippen molar-refractivity contribution >= 4 is 22.7 Å². The number of amides is 2. The second-order valence-corrected chi connectivity index (χ2v) is 8.28. The lowest BCUT2D eigenvalue weighted by Gasteiger charge is -2.26. The number of aryl methyl sites for hydroxylation is 1. The minimum absolute atomic E-state index is 0.0231. The number of nitrogens with zero attached hydrogens (tertiary/aromatic N) is 2. The highest BCUT2D eigenvalue weighted by Gasteiger charge is 2.22. The van der Waals surface area contributed by atoms with Crippen LogP contribution in [0.5, 0.6) is 11.5 Å². The van der Waals surface area contributed by atoms with Gasteiger partial charge in [-0.15, -0.1) is 0 Å². The van der Waals surface area contributed by atoms with Crippen LogP contribution in [0.3, 0.4) is 0 Å². The van der Waals surface area contributed by atoms with Gasteiger partial charge in [-0.2, -0.15) is 0 Å². The summed E-state index contributed by atoms with van der Waals surface area (Å²) in [5.41, 5.74) is 3.99. The molecule has 0 saturated heterocycles. The zero-order valence-electron chi connectivity index (χ0n) is 18.7. The van der Waals surface area contributed by atoms with Gasteiger partial charge in [0.2, 0.25) is 0 Å². The molecule has 1 unspecified atom stereocenters. The van der Waals surface area contributed by atoms with Gasteiger partial charge in [0.25, 0.3) is 11.8 Å². The fraction of sp³-hybridized carbons (Fsp3) is 0.185. The average molecular weight is 453 g/mol. The van der Waals surface area contributed by atoms with E-state index in [4.69, 9.17) is 4.74 Å². The van der Waals surface area contributed by atoms with Crippen LogP contribution < -0.4 is 15.4 Å². The van der Waals surface area contributed by atoms with Crippen molar-refractivity contribution < 1.29 is 14.3 Å². The third-order valence-corrected chi connectivity index (χ3v) is 6.05. The Morgan fingerprint density at radius 2 is 1.76 bits per heavy atom. The second-order valence-electron chi connectivity index (χ2n) is 8.28. The molecule has 2 N–H and O–H groups in total. The highest BCUT2D eigenvalue weighted by molar-refractivity contribution is 6.05. The molecule has 0 aliphatic heterocycles. The van der Waals surface area contributed by atoms with E-state index in [1.807, 2.05) is 42.5 Å². The van der Waals surface area contributed by atoms with Crippen molar-refractivity contribution in [2.45, 2.75) is 25.3 Å². The predicted octanol–water partition coefficient (Wildman–Crippen LogP) is 4.07. The molecule has 2 amide bonds. The number of pyridine rings is 2. The highest BCUT2D eigenvalue weighted by Crippen LogP contribution is 2.29. The lowest BCUT2D eigenvalue weighted by atomic mass is 9.88. The molecular formula is C27H24N4O3. The van der Waals surface area contributed by atoms with Gasteiger partial charge in [-0.1, -0.05) is 24.3 Å². The fourth-order valence-corrected chi connectivity index (χ4v) is 4.33. The topological polar surface area (TPSA) is 93.2 Å². The number of hydrogen-bond acceptors (Lipinski definition) is 5. The first kappa shape index (κ1) is 21.6. The smallest absolute Gasteiger partial charge is 0.269 e. The number of carbonyl (C=O) groups excluding carboxylic acids is 2. The number of aromatic nitrogens is 2. The largest absolute Gasteiger partial charge is 0.457 e. The van der Waals surface area contributed by atoms with E-state index in [0.29, 0.717) is 28.3 Å². The summed E-state index contributed by atoms with van der Waals surface area (Å²) in [6, 6.07) is 18.8. The van der Waals surface area contributed by atoms with Gasteiger partial charge in [-0.25, -0.2) is 0 Å². The van der Waals surface area contributed by atoms with Gasteiger partial charge >= 0.3 is 0 Å². The molecule has 0 spiro atoms. The Morgan fingerprint density at radius 3 is 2.65 bits per heavy atom. The van der Waals surface area contributed by atoms with Crippen LogP contribution in [-0.4, -0.2) is 34.9 Å². The number of fused-ring (bicyclic) bond motifs is 2. The van der Waals surface area contributed by atoms with Crippen LogP contribution in [0.15, 0.2) is 73.1 Å². The van der Waals surface area contributed by atoms with Crippen LogP contribution >= 0.6 is 0 Å². The van der Waals surface area contributed by atoms with Crippen LogP contribution in [0.2, 0.25) is 0 Å². The van der Waals surface area contributed by atoms with Gasteiger partial charge in [-0.05, 0) is 60.7 Å². The van der Waals surface area contributed by atoms with Crippen molar-refractivity contribution in [1.82, 2.24) is 20.6 Å². The number of para-hydroxylation sites is 1. The normalized spacial score (nSPS) is 14.8. The first-order valence-corrected chi connectivity index (χ1v) is 11.2. The molecule has 1 atom stereocenters. The van der Waals surface area contributed by atoms with E-state index in [0.717, 1.165) is 30.2 Å². The molecule has 4 aromatic rings. The quantitative estimate of drug-likeness (QED) is 0.476. The molecule has 34 heavy (non-hydrogen) atoms. The average Bonchev–Trinajstić information content (AvgIpc) is 2.87. The van der Waals surface area contributed by atoms with E-state index in [-0.39, 0.29) is 17.9 Å². The molecule has 170 valence electrons. The molecule has 5 rings (SSSR count). The Morgan fingerprint density at radius 1 is 0.912 bits per heavy atom. The number of ether oxygens (including phenoxy) is 1. The standard InChI is InChI=1S/C27H24N4O3/c1-28-27(33)24-16-22(11-13-29-24)34-21-10-8-17-7-9-20(14-19(17)15-21)31-26(32)23-6-2-4-18-5-3-12-30-25(18)23/h2-6,8,10-13,15-16,20H,7,9,14H2,1H3,(H,28,33)(H,31,32). The van der Waals surface area contributed by atoms with Crippen molar-refractivity contribution in [3.8, 4) is 11.5 Å². The van der Waals surface area contributed by atoms with Gasteiger partial charge in [0, 0.05) is 36.9 Å². The summed E-state index contributed by atoms with van der Waals surface area (Å²) in [6.45, 7) is 0. The summed E-state index contributed by atoms with van der Waals surface area (Å²) in [5.74, 6) is 0.843. The van der Waals surface area contributed by atoms with E-state index in [1.165, 1.54) is 5.56 Å². The van der Waals surface area contributed by atoms with Crippen LogP contribution in [0.1, 0.15) is 38.4 Å². The summed E-state index contributed by atoms with van der Waals surface area (Å²) < 4.78 is 6.00. The summed E-state index contributed by atoms with van der Waals surface area (Å²) in [4.78, 5) is 33.4. The van der Waals surface area contributed by atoms with E-state index in [2.05, 4.69) is 26.7 Å². The third kappa shape index (κ3) is 4.45. The molecule has 2 aromatic carbocycles. The van der Waals surface area contributed by atoms with E-state index < -0.39 is 0 Å². The van der Waals surface area contributed by atoms with Crippen LogP contribution in [0.4, 0.5) is 0 Å². The zero-order valence-corrected chi connectivity index (χ0v) is 18.7.